The molecule has 4 rings (SSSR count). The van der Waals surface area contributed by atoms with E-state index in [1.165, 1.54) is 21.5 Å². The minimum absolute atomic E-state index is 0.208. The molecule has 1 fully saturated rings. The molecule has 0 radical (unpaired) electrons. The molecule has 0 bridgehead atoms. The molecule has 0 aromatic heterocycles. The van der Waals surface area contributed by atoms with Crippen molar-refractivity contribution in [3.63, 3.8) is 0 Å². The molecule has 1 aliphatic heterocycles. The number of hydrogen-bond acceptors (Lipinski definition) is 1. The first kappa shape index (κ1) is 14.3. The van der Waals surface area contributed by atoms with Crippen molar-refractivity contribution in [2.45, 2.75) is 12.8 Å². The third-order valence-corrected chi connectivity index (χ3v) is 3.94. The Bertz CT molecular complexity index is 717. The molecule has 1 saturated heterocycles. The van der Waals surface area contributed by atoms with Crippen molar-refractivity contribution >= 4 is 27.5 Å². The first-order valence-corrected chi connectivity index (χ1v) is 7.57. The van der Waals surface area contributed by atoms with Crippen molar-refractivity contribution in [1.82, 2.24) is 4.90 Å². The predicted octanol–water partition coefficient (Wildman–Crippen LogP) is 4.75. The van der Waals surface area contributed by atoms with Gasteiger partial charge in [0.2, 0.25) is 5.91 Å². The number of amides is 1. The molecule has 2 nitrogen and oxygen atoms in total. The molecule has 110 valence electrons. The summed E-state index contributed by atoms with van der Waals surface area (Å²) < 4.78 is 0. The zero-order valence-electron chi connectivity index (χ0n) is 12.5. The average molecular weight is 289 g/mol. The van der Waals surface area contributed by atoms with Gasteiger partial charge in [0.25, 0.3) is 0 Å². The van der Waals surface area contributed by atoms with Gasteiger partial charge in [-0.25, -0.2) is 0 Å². The lowest BCUT2D eigenvalue weighted by atomic mass is 10.0. The Morgan fingerprint density at radius 3 is 1.59 bits per heavy atom. The van der Waals surface area contributed by atoms with Crippen molar-refractivity contribution in [3.05, 3.63) is 73.4 Å². The lowest BCUT2D eigenvalue weighted by Gasteiger charge is -2.05. The second kappa shape index (κ2) is 6.44. The summed E-state index contributed by atoms with van der Waals surface area (Å²) in [6.45, 7) is 4.36. The topological polar surface area (TPSA) is 20.3 Å². The van der Waals surface area contributed by atoms with Gasteiger partial charge < -0.3 is 4.90 Å². The highest BCUT2D eigenvalue weighted by molar-refractivity contribution is 5.98. The maximum atomic E-state index is 10.7. The fourth-order valence-corrected chi connectivity index (χ4v) is 2.74. The van der Waals surface area contributed by atoms with E-state index in [0.29, 0.717) is 6.42 Å². The summed E-state index contributed by atoms with van der Waals surface area (Å²) in [6.07, 6.45) is 3.28. The number of nitrogens with zero attached hydrogens (tertiary/aromatic N) is 1. The highest BCUT2D eigenvalue weighted by atomic mass is 16.2. The Balaban J connectivity index is 0.000000154. The van der Waals surface area contributed by atoms with Gasteiger partial charge in [-0.05, 0) is 46.3 Å². The second-order valence-corrected chi connectivity index (χ2v) is 5.42. The summed E-state index contributed by atoms with van der Waals surface area (Å²) in [5, 5.41) is 5.25. The van der Waals surface area contributed by atoms with Crippen molar-refractivity contribution in [1.29, 1.82) is 0 Å². The van der Waals surface area contributed by atoms with Crippen LogP contribution in [0.25, 0.3) is 21.5 Å². The number of rotatable bonds is 1. The van der Waals surface area contributed by atoms with E-state index in [4.69, 9.17) is 0 Å². The summed E-state index contributed by atoms with van der Waals surface area (Å²) in [5.41, 5.74) is 0. The summed E-state index contributed by atoms with van der Waals surface area (Å²) in [5.74, 6) is 0.208. The molecule has 0 atom stereocenters. The van der Waals surface area contributed by atoms with E-state index >= 15 is 0 Å². The van der Waals surface area contributed by atoms with Crippen LogP contribution >= 0.6 is 0 Å². The van der Waals surface area contributed by atoms with Gasteiger partial charge in [0.15, 0.2) is 0 Å². The third-order valence-electron chi connectivity index (χ3n) is 3.94. The van der Waals surface area contributed by atoms with E-state index in [1.807, 2.05) is 0 Å². The SMILES string of the molecule is C=CN1CCCC1=O.c1ccc2cc3ccccc3cc2c1. The van der Waals surface area contributed by atoms with Crippen LogP contribution < -0.4 is 0 Å². The van der Waals surface area contributed by atoms with Crippen LogP contribution in [0.2, 0.25) is 0 Å². The zero-order valence-corrected chi connectivity index (χ0v) is 12.5. The van der Waals surface area contributed by atoms with Crippen LogP contribution in [-0.4, -0.2) is 17.4 Å². The molecule has 22 heavy (non-hydrogen) atoms. The first-order valence-electron chi connectivity index (χ1n) is 7.57. The smallest absolute Gasteiger partial charge is 0.226 e. The number of likely N-dealkylation sites (tertiary alicyclic amines) is 1. The minimum atomic E-state index is 0.208. The number of carbonyl (C=O) groups is 1. The Labute approximate surface area is 130 Å². The molecule has 0 aliphatic carbocycles. The van der Waals surface area contributed by atoms with Gasteiger partial charge in [-0.1, -0.05) is 55.1 Å². The van der Waals surface area contributed by atoms with Crippen LogP contribution in [0.15, 0.2) is 73.4 Å². The third kappa shape index (κ3) is 3.01. The number of hydrogen-bond donors (Lipinski definition) is 0. The largest absolute Gasteiger partial charge is 0.320 e. The number of benzene rings is 3. The second-order valence-electron chi connectivity index (χ2n) is 5.42. The molecule has 1 heterocycles. The summed E-state index contributed by atoms with van der Waals surface area (Å²) >= 11 is 0. The highest BCUT2D eigenvalue weighted by Gasteiger charge is 2.15. The zero-order chi connectivity index (χ0) is 15.4. The van der Waals surface area contributed by atoms with Crippen LogP contribution in [-0.2, 0) is 4.79 Å². The van der Waals surface area contributed by atoms with Crippen molar-refractivity contribution in [3.8, 4) is 0 Å². The van der Waals surface area contributed by atoms with E-state index in [-0.39, 0.29) is 5.91 Å². The molecule has 0 spiro atoms. The van der Waals surface area contributed by atoms with E-state index < -0.39 is 0 Å². The maximum Gasteiger partial charge on any atom is 0.226 e. The standard InChI is InChI=1S/C14H10.C6H9NO/c1-2-6-12-10-14-8-4-3-7-13(14)9-11(12)5-1;1-2-7-5-3-4-6(7)8/h1-10H;2H,1,3-5H2. The molecule has 0 N–H and O–H groups in total. The molecule has 3 aromatic carbocycles. The maximum absolute atomic E-state index is 10.7. The van der Waals surface area contributed by atoms with Gasteiger partial charge in [-0.2, -0.15) is 0 Å². The van der Waals surface area contributed by atoms with Crippen LogP contribution in [0.1, 0.15) is 12.8 Å². The molecule has 0 saturated carbocycles. The van der Waals surface area contributed by atoms with E-state index in [1.54, 1.807) is 11.1 Å². The first-order chi connectivity index (χ1) is 10.8. The molecule has 0 unspecified atom stereocenters. The number of fused-ring (bicyclic) bond motifs is 2. The van der Waals surface area contributed by atoms with Gasteiger partial charge in [0.05, 0.1) is 0 Å². The summed E-state index contributed by atoms with van der Waals surface area (Å²) in [6, 6.07) is 21.4. The Hall–Kier alpha value is -2.61. The number of carbonyl (C=O) groups excluding carboxylic acids is 1. The fraction of sp³-hybridized carbons (Fsp3) is 0.150. The molecule has 1 aliphatic rings. The molecule has 3 aromatic rings. The molecular weight excluding hydrogens is 270 g/mol. The van der Waals surface area contributed by atoms with Crippen LogP contribution in [0.3, 0.4) is 0 Å². The van der Waals surface area contributed by atoms with Crippen LogP contribution in [0.4, 0.5) is 0 Å². The lowest BCUT2D eigenvalue weighted by Crippen LogP contribution is -2.16. The summed E-state index contributed by atoms with van der Waals surface area (Å²) in [4.78, 5) is 12.3. The normalized spacial score (nSPS) is 14.0. The fourth-order valence-electron chi connectivity index (χ4n) is 2.74. The lowest BCUT2D eigenvalue weighted by molar-refractivity contribution is -0.125. The minimum Gasteiger partial charge on any atom is -0.320 e. The van der Waals surface area contributed by atoms with Crippen molar-refractivity contribution in [2.75, 3.05) is 6.54 Å². The van der Waals surface area contributed by atoms with E-state index in [0.717, 1.165) is 13.0 Å². The summed E-state index contributed by atoms with van der Waals surface area (Å²) in [7, 11) is 0. The van der Waals surface area contributed by atoms with Gasteiger partial charge in [0.1, 0.15) is 0 Å². The monoisotopic (exact) mass is 289 g/mol. The average Bonchev–Trinajstić information content (AvgIpc) is 2.98. The van der Waals surface area contributed by atoms with Crippen molar-refractivity contribution < 1.29 is 4.79 Å². The molecule has 1 amide bonds. The molecular formula is C20H19NO. The quantitative estimate of drug-likeness (QED) is 0.592. The van der Waals surface area contributed by atoms with Crippen LogP contribution in [0.5, 0.6) is 0 Å². The Kier molecular flexibility index (Phi) is 4.19. The molecule has 2 heteroatoms. The highest BCUT2D eigenvalue weighted by Crippen LogP contribution is 2.22. The van der Waals surface area contributed by atoms with Crippen LogP contribution in [0, 0.1) is 0 Å². The Morgan fingerprint density at radius 1 is 0.864 bits per heavy atom. The van der Waals surface area contributed by atoms with Gasteiger partial charge in [-0.15, -0.1) is 0 Å². The van der Waals surface area contributed by atoms with E-state index in [2.05, 4.69) is 67.2 Å². The van der Waals surface area contributed by atoms with E-state index in [9.17, 15) is 4.79 Å². The van der Waals surface area contributed by atoms with Crippen molar-refractivity contribution in [2.24, 2.45) is 0 Å². The van der Waals surface area contributed by atoms with Gasteiger partial charge >= 0.3 is 0 Å². The van der Waals surface area contributed by atoms with Gasteiger partial charge in [-0.3, -0.25) is 4.79 Å². The Morgan fingerprint density at radius 2 is 1.32 bits per heavy atom. The van der Waals surface area contributed by atoms with Gasteiger partial charge in [0, 0.05) is 13.0 Å². The predicted molar refractivity (Wildman–Crippen MR) is 92.6 cm³/mol.